The maximum atomic E-state index is 11.6. The van der Waals surface area contributed by atoms with E-state index in [4.69, 9.17) is 15.2 Å². The van der Waals surface area contributed by atoms with Gasteiger partial charge in [-0.2, -0.15) is 0 Å². The molecule has 0 aromatic heterocycles. The molecule has 100 valence electrons. The monoisotopic (exact) mass is 244 g/mol. The molecule has 0 heterocycles. The van der Waals surface area contributed by atoms with Crippen LogP contribution in [0.2, 0.25) is 0 Å². The first-order valence-electron chi connectivity index (χ1n) is 6.34. The number of hydrogen-bond donors (Lipinski definition) is 2. The molecular weight excluding hydrogens is 220 g/mol. The zero-order valence-electron chi connectivity index (χ0n) is 10.6. The van der Waals surface area contributed by atoms with E-state index in [9.17, 15) is 4.79 Å². The van der Waals surface area contributed by atoms with Gasteiger partial charge in [0.1, 0.15) is 6.61 Å². The van der Waals surface area contributed by atoms with Crippen LogP contribution in [0.1, 0.15) is 25.7 Å². The molecule has 1 aliphatic carbocycles. The number of amides is 1. The van der Waals surface area contributed by atoms with E-state index in [2.05, 4.69) is 5.32 Å². The summed E-state index contributed by atoms with van der Waals surface area (Å²) in [5, 5.41) is 3.01. The van der Waals surface area contributed by atoms with Gasteiger partial charge in [-0.3, -0.25) is 4.79 Å². The number of rotatable bonds is 7. The van der Waals surface area contributed by atoms with Crippen molar-refractivity contribution in [3.05, 3.63) is 0 Å². The zero-order valence-corrected chi connectivity index (χ0v) is 10.6. The molecule has 5 heteroatoms. The molecule has 1 amide bonds. The van der Waals surface area contributed by atoms with Gasteiger partial charge in [-0.1, -0.05) is 12.8 Å². The van der Waals surface area contributed by atoms with Crippen LogP contribution >= 0.6 is 0 Å². The Morgan fingerprint density at radius 1 is 1.35 bits per heavy atom. The third-order valence-electron chi connectivity index (χ3n) is 3.22. The number of hydrogen-bond acceptors (Lipinski definition) is 4. The van der Waals surface area contributed by atoms with Crippen molar-refractivity contribution < 1.29 is 14.3 Å². The maximum absolute atomic E-state index is 11.6. The van der Waals surface area contributed by atoms with Gasteiger partial charge in [0.2, 0.25) is 5.91 Å². The minimum Gasteiger partial charge on any atom is -0.382 e. The van der Waals surface area contributed by atoms with E-state index in [1.807, 2.05) is 0 Å². The van der Waals surface area contributed by atoms with E-state index in [1.165, 1.54) is 12.8 Å². The number of nitrogens with one attached hydrogen (secondary N) is 1. The third-order valence-corrected chi connectivity index (χ3v) is 3.22. The quantitative estimate of drug-likeness (QED) is 0.631. The van der Waals surface area contributed by atoms with Crippen LogP contribution in [-0.2, 0) is 14.3 Å². The summed E-state index contributed by atoms with van der Waals surface area (Å²) in [5.74, 6) is 0.373. The molecule has 5 nitrogen and oxygen atoms in total. The van der Waals surface area contributed by atoms with Crippen molar-refractivity contribution in [1.82, 2.24) is 5.32 Å². The highest BCUT2D eigenvalue weighted by Crippen LogP contribution is 2.23. The maximum Gasteiger partial charge on any atom is 0.246 e. The molecule has 17 heavy (non-hydrogen) atoms. The first kappa shape index (κ1) is 14.4. The molecular formula is C12H24N2O3. The standard InChI is InChI=1S/C12H24N2O3/c1-16-6-7-17-9-12(15)14-11-5-3-2-4-10(11)8-13/h10-11H,2-9,13H2,1H3,(H,14,15). The molecule has 2 unspecified atom stereocenters. The third kappa shape index (κ3) is 5.48. The van der Waals surface area contributed by atoms with Crippen molar-refractivity contribution in [3.63, 3.8) is 0 Å². The average molecular weight is 244 g/mol. The molecule has 0 saturated heterocycles. The molecule has 0 radical (unpaired) electrons. The number of ether oxygens (including phenoxy) is 2. The van der Waals surface area contributed by atoms with Crippen LogP contribution in [0.3, 0.4) is 0 Å². The van der Waals surface area contributed by atoms with Crippen LogP contribution in [-0.4, -0.2) is 45.4 Å². The van der Waals surface area contributed by atoms with Crippen LogP contribution in [0.15, 0.2) is 0 Å². The van der Waals surface area contributed by atoms with Crippen LogP contribution in [0.4, 0.5) is 0 Å². The fourth-order valence-electron chi connectivity index (χ4n) is 2.24. The molecule has 0 spiro atoms. The fraction of sp³-hybridized carbons (Fsp3) is 0.917. The molecule has 1 aliphatic rings. The summed E-state index contributed by atoms with van der Waals surface area (Å²) < 4.78 is 10.0. The van der Waals surface area contributed by atoms with Crippen molar-refractivity contribution in [2.75, 3.05) is 33.5 Å². The first-order valence-corrected chi connectivity index (χ1v) is 6.34. The predicted octanol–water partition coefficient (Wildman–Crippen LogP) is 0.283. The molecule has 1 saturated carbocycles. The zero-order chi connectivity index (χ0) is 12.5. The number of carbonyl (C=O) groups excluding carboxylic acids is 1. The smallest absolute Gasteiger partial charge is 0.246 e. The average Bonchev–Trinajstić information content (AvgIpc) is 2.35. The van der Waals surface area contributed by atoms with Gasteiger partial charge in [0.25, 0.3) is 0 Å². The van der Waals surface area contributed by atoms with E-state index in [1.54, 1.807) is 7.11 Å². The number of methoxy groups -OCH3 is 1. The highest BCUT2D eigenvalue weighted by atomic mass is 16.5. The Labute approximate surface area is 103 Å². The summed E-state index contributed by atoms with van der Waals surface area (Å²) in [6.45, 7) is 1.73. The summed E-state index contributed by atoms with van der Waals surface area (Å²) in [6, 6.07) is 0.229. The molecule has 0 aromatic carbocycles. The van der Waals surface area contributed by atoms with Crippen molar-refractivity contribution >= 4 is 5.91 Å². The van der Waals surface area contributed by atoms with Crippen LogP contribution < -0.4 is 11.1 Å². The largest absolute Gasteiger partial charge is 0.382 e. The Kier molecular flexibility index (Phi) is 7.16. The topological polar surface area (TPSA) is 73.6 Å². The summed E-state index contributed by atoms with van der Waals surface area (Å²) >= 11 is 0. The van der Waals surface area contributed by atoms with Crippen molar-refractivity contribution in [1.29, 1.82) is 0 Å². The van der Waals surface area contributed by atoms with E-state index in [0.717, 1.165) is 12.8 Å². The second-order valence-electron chi connectivity index (χ2n) is 4.50. The van der Waals surface area contributed by atoms with E-state index in [0.29, 0.717) is 25.7 Å². The van der Waals surface area contributed by atoms with Crippen LogP contribution in [0, 0.1) is 5.92 Å². The van der Waals surface area contributed by atoms with Gasteiger partial charge in [0.05, 0.1) is 13.2 Å². The highest BCUT2D eigenvalue weighted by molar-refractivity contribution is 5.77. The molecule has 0 aliphatic heterocycles. The molecule has 0 bridgehead atoms. The van der Waals surface area contributed by atoms with Crippen molar-refractivity contribution in [3.8, 4) is 0 Å². The second-order valence-corrected chi connectivity index (χ2v) is 4.50. The van der Waals surface area contributed by atoms with Gasteiger partial charge in [-0.25, -0.2) is 0 Å². The highest BCUT2D eigenvalue weighted by Gasteiger charge is 2.25. The number of carbonyl (C=O) groups is 1. The summed E-state index contributed by atoms with van der Waals surface area (Å²) in [7, 11) is 1.61. The summed E-state index contributed by atoms with van der Waals surface area (Å²) in [5.41, 5.74) is 5.71. The lowest BCUT2D eigenvalue weighted by Crippen LogP contribution is -2.46. The Hall–Kier alpha value is -0.650. The van der Waals surface area contributed by atoms with Crippen molar-refractivity contribution in [2.24, 2.45) is 11.7 Å². The molecule has 1 rings (SSSR count). The Morgan fingerprint density at radius 3 is 2.82 bits per heavy atom. The van der Waals surface area contributed by atoms with Gasteiger partial charge < -0.3 is 20.5 Å². The van der Waals surface area contributed by atoms with Gasteiger partial charge in [-0.05, 0) is 25.3 Å². The SMILES string of the molecule is COCCOCC(=O)NC1CCCCC1CN. The van der Waals surface area contributed by atoms with Crippen LogP contribution in [0.5, 0.6) is 0 Å². The van der Waals surface area contributed by atoms with Gasteiger partial charge >= 0.3 is 0 Å². The summed E-state index contributed by atoms with van der Waals surface area (Å²) in [4.78, 5) is 11.6. The van der Waals surface area contributed by atoms with E-state index in [-0.39, 0.29) is 18.6 Å². The first-order chi connectivity index (χ1) is 8.27. The number of nitrogens with two attached hydrogens (primary N) is 1. The molecule has 2 atom stereocenters. The van der Waals surface area contributed by atoms with Gasteiger partial charge in [0, 0.05) is 13.2 Å². The van der Waals surface area contributed by atoms with E-state index < -0.39 is 0 Å². The lowest BCUT2D eigenvalue weighted by molar-refractivity contribution is -0.127. The molecule has 1 fully saturated rings. The molecule has 3 N–H and O–H groups in total. The lowest BCUT2D eigenvalue weighted by Gasteiger charge is -2.31. The minimum absolute atomic E-state index is 0.0496. The van der Waals surface area contributed by atoms with Gasteiger partial charge in [0.15, 0.2) is 0 Å². The Bertz CT molecular complexity index is 224. The second kappa shape index (κ2) is 8.44. The molecule has 0 aromatic rings. The minimum atomic E-state index is -0.0496. The van der Waals surface area contributed by atoms with Gasteiger partial charge in [-0.15, -0.1) is 0 Å². The summed E-state index contributed by atoms with van der Waals surface area (Å²) in [6.07, 6.45) is 4.54. The van der Waals surface area contributed by atoms with E-state index >= 15 is 0 Å². The van der Waals surface area contributed by atoms with Crippen molar-refractivity contribution in [2.45, 2.75) is 31.7 Å². The normalized spacial score (nSPS) is 24.6. The Balaban J connectivity index is 2.19. The van der Waals surface area contributed by atoms with Crippen LogP contribution in [0.25, 0.3) is 0 Å². The predicted molar refractivity (Wildman–Crippen MR) is 65.6 cm³/mol. The lowest BCUT2D eigenvalue weighted by atomic mass is 9.84. The fourth-order valence-corrected chi connectivity index (χ4v) is 2.24. The Morgan fingerprint density at radius 2 is 2.12 bits per heavy atom.